The molecule has 0 spiro atoms. The van der Waals surface area contributed by atoms with E-state index < -0.39 is 0 Å². The van der Waals surface area contributed by atoms with Crippen LogP contribution in [0.25, 0.3) is 60.5 Å². The highest BCUT2D eigenvalue weighted by Crippen LogP contribution is 2.45. The van der Waals surface area contributed by atoms with Gasteiger partial charge in [-0.15, -0.1) is 6.42 Å². The molecule has 1 aliphatic rings. The maximum atomic E-state index is 6.19. The molecule has 2 heterocycles. The van der Waals surface area contributed by atoms with Crippen molar-refractivity contribution in [2.45, 2.75) is 61.2 Å². The molecule has 0 unspecified atom stereocenters. The average molecular weight is 677 g/mol. The van der Waals surface area contributed by atoms with Crippen molar-refractivity contribution >= 4 is 55.5 Å². The molecule has 8 rings (SSSR count). The van der Waals surface area contributed by atoms with E-state index in [1.807, 2.05) is 32.1 Å². The molecule has 0 saturated carbocycles. The van der Waals surface area contributed by atoms with Gasteiger partial charge >= 0.3 is 0 Å². The molecule has 1 aliphatic carbocycles. The Hall–Kier alpha value is -5.72. The molecule has 0 N–H and O–H groups in total. The van der Waals surface area contributed by atoms with E-state index in [4.69, 9.17) is 15.3 Å². The Morgan fingerprint density at radius 2 is 1.35 bits per heavy atom. The van der Waals surface area contributed by atoms with Crippen LogP contribution < -0.4 is 10.9 Å². The minimum atomic E-state index is 0.0921. The van der Waals surface area contributed by atoms with Crippen molar-refractivity contribution in [1.29, 1.82) is 0 Å². The Kier molecular flexibility index (Phi) is 9.68. The summed E-state index contributed by atoms with van der Waals surface area (Å²) in [6, 6.07) is 26.8. The van der Waals surface area contributed by atoms with Gasteiger partial charge in [0.1, 0.15) is 11.5 Å². The first kappa shape index (κ1) is 34.7. The van der Waals surface area contributed by atoms with Crippen molar-refractivity contribution in [2.24, 2.45) is 0 Å². The van der Waals surface area contributed by atoms with Crippen molar-refractivity contribution in [2.75, 3.05) is 0 Å². The van der Waals surface area contributed by atoms with E-state index in [0.717, 1.165) is 41.0 Å². The number of rotatable bonds is 8. The Labute approximate surface area is 308 Å². The molecular weight excluding hydrogens is 631 g/mol. The second-order valence-electron chi connectivity index (χ2n) is 14.0. The van der Waals surface area contributed by atoms with Crippen LogP contribution in [0.4, 0.5) is 0 Å². The Balaban J connectivity index is 0.00000207. The number of terminal acetylenes is 1. The molecule has 0 atom stereocenters. The largest absolute Gasteiger partial charge is 0.464 e. The highest BCUT2D eigenvalue weighted by Gasteiger charge is 2.29. The van der Waals surface area contributed by atoms with Gasteiger partial charge in [0.05, 0.1) is 12.5 Å². The fourth-order valence-electron chi connectivity index (χ4n) is 8.54. The van der Waals surface area contributed by atoms with Crippen LogP contribution in [-0.2, 0) is 0 Å². The highest BCUT2D eigenvalue weighted by molar-refractivity contribution is 6.88. The van der Waals surface area contributed by atoms with Gasteiger partial charge in [-0.1, -0.05) is 120 Å². The first-order valence-corrected chi connectivity index (χ1v) is 18.4. The fraction of sp³-hybridized carbons (Fsp3) is 0.184. The number of aryl methyl sites for hydroxylation is 3. The normalized spacial score (nSPS) is 13.2. The number of furan rings is 2. The first-order valence-electron chi connectivity index (χ1n) is 18.4. The van der Waals surface area contributed by atoms with Crippen molar-refractivity contribution in [1.82, 2.24) is 0 Å². The predicted molar refractivity (Wildman–Crippen MR) is 225 cm³/mol. The lowest BCUT2D eigenvalue weighted by molar-refractivity contribution is 0.582. The third kappa shape index (κ3) is 6.14. The summed E-state index contributed by atoms with van der Waals surface area (Å²) in [5.74, 6) is 4.44. The van der Waals surface area contributed by atoms with Crippen molar-refractivity contribution in [3.63, 3.8) is 0 Å². The maximum absolute atomic E-state index is 6.19. The van der Waals surface area contributed by atoms with Crippen molar-refractivity contribution in [3.8, 4) is 35.0 Å². The minimum Gasteiger partial charge on any atom is -0.464 e. The quantitative estimate of drug-likeness (QED) is 0.0693. The molecule has 0 amide bonds. The highest BCUT2D eigenvalue weighted by atomic mass is 16.3. The summed E-state index contributed by atoms with van der Waals surface area (Å²) >= 11 is 0. The third-order valence-electron chi connectivity index (χ3n) is 10.4. The second kappa shape index (κ2) is 14.5. The molecule has 2 aromatic heterocycles. The standard InChI is InChI=1S/C47H39BO2.C2H6/c1-7-12-29(2)23-31(4)28-48(47-32(5)24-30(3)25-33(47)6)42-27-41(44-16-11-22-50-44)37-18-17-36-40(43-15-10-21-49-43)26-39(34-13-8-9-14-34)35-19-20-38(42)46(37)45(35)36;1-2/h1,8-13,15-27H,14,28H2,2-6H3;1-2H3/b29-12-,31-23-;. The van der Waals surface area contributed by atoms with Crippen LogP contribution in [0, 0.1) is 33.1 Å². The van der Waals surface area contributed by atoms with E-state index >= 15 is 0 Å². The van der Waals surface area contributed by atoms with Gasteiger partial charge in [-0.25, -0.2) is 0 Å². The van der Waals surface area contributed by atoms with E-state index in [1.165, 1.54) is 76.6 Å². The molecule has 2 nitrogen and oxygen atoms in total. The molecular formula is C49H45BO2. The topological polar surface area (TPSA) is 26.3 Å². The van der Waals surface area contributed by atoms with E-state index in [2.05, 4.69) is 126 Å². The van der Waals surface area contributed by atoms with Crippen LogP contribution in [0.3, 0.4) is 0 Å². The van der Waals surface area contributed by atoms with Crippen molar-refractivity contribution in [3.05, 3.63) is 149 Å². The number of hydrogen-bond acceptors (Lipinski definition) is 2. The molecule has 3 heteroatoms. The van der Waals surface area contributed by atoms with E-state index in [1.54, 1.807) is 12.5 Å². The van der Waals surface area contributed by atoms with Gasteiger partial charge in [0.2, 0.25) is 6.71 Å². The fourth-order valence-corrected chi connectivity index (χ4v) is 8.54. The van der Waals surface area contributed by atoms with Crippen LogP contribution in [0.2, 0.25) is 6.32 Å². The molecule has 0 radical (unpaired) electrons. The van der Waals surface area contributed by atoms with Gasteiger partial charge in [0, 0.05) is 11.1 Å². The Morgan fingerprint density at radius 3 is 1.90 bits per heavy atom. The summed E-state index contributed by atoms with van der Waals surface area (Å²) < 4.78 is 12.3. The first-order chi connectivity index (χ1) is 25.3. The number of allylic oxidation sites excluding steroid dienone is 8. The summed E-state index contributed by atoms with van der Waals surface area (Å²) in [7, 11) is 0. The lowest BCUT2D eigenvalue weighted by Gasteiger charge is -2.25. The number of hydrogen-bond donors (Lipinski definition) is 0. The summed E-state index contributed by atoms with van der Waals surface area (Å²) in [4.78, 5) is 0. The van der Waals surface area contributed by atoms with Gasteiger partial charge in [-0.3, -0.25) is 0 Å². The van der Waals surface area contributed by atoms with Crippen LogP contribution in [0.1, 0.15) is 56.4 Å². The van der Waals surface area contributed by atoms with Gasteiger partial charge < -0.3 is 8.83 Å². The second-order valence-corrected chi connectivity index (χ2v) is 14.0. The zero-order chi connectivity index (χ0) is 36.5. The SMILES string of the molecule is C#C/C=C(C)\C=C(\C)CB(c1c(C)cc(C)cc1C)c1cc(-c2ccco2)c2ccc3c(-c4ccco4)cc(C4=CC=CC4)c4ccc1c2c43.CC. The zero-order valence-electron chi connectivity index (χ0n) is 31.4. The Bertz CT molecular complexity index is 2560. The summed E-state index contributed by atoms with van der Waals surface area (Å²) in [5.41, 5.74) is 13.7. The van der Waals surface area contributed by atoms with Crippen LogP contribution in [0.5, 0.6) is 0 Å². The monoisotopic (exact) mass is 676 g/mol. The minimum absolute atomic E-state index is 0.0921. The number of benzene rings is 5. The van der Waals surface area contributed by atoms with Crippen LogP contribution in [0.15, 0.2) is 136 Å². The lowest BCUT2D eigenvalue weighted by Crippen LogP contribution is -2.45. The lowest BCUT2D eigenvalue weighted by atomic mass is 9.35. The average Bonchev–Trinajstić information content (AvgIpc) is 3.95. The molecule has 52 heavy (non-hydrogen) atoms. The summed E-state index contributed by atoms with van der Waals surface area (Å²) in [5, 5.41) is 7.44. The maximum Gasteiger partial charge on any atom is 0.214 e. The van der Waals surface area contributed by atoms with Crippen molar-refractivity contribution < 1.29 is 8.83 Å². The van der Waals surface area contributed by atoms with E-state index in [9.17, 15) is 0 Å². The molecule has 5 aromatic carbocycles. The summed E-state index contributed by atoms with van der Waals surface area (Å²) in [6.45, 7) is 15.1. The van der Waals surface area contributed by atoms with Crippen LogP contribution in [-0.4, -0.2) is 6.71 Å². The predicted octanol–water partition coefficient (Wildman–Crippen LogP) is 12.5. The van der Waals surface area contributed by atoms with Gasteiger partial charge in [-0.05, 0) is 133 Å². The van der Waals surface area contributed by atoms with Gasteiger partial charge in [0.15, 0.2) is 0 Å². The molecule has 0 bridgehead atoms. The van der Waals surface area contributed by atoms with E-state index in [0.29, 0.717) is 0 Å². The van der Waals surface area contributed by atoms with Gasteiger partial charge in [-0.2, -0.15) is 0 Å². The summed E-state index contributed by atoms with van der Waals surface area (Å²) in [6.07, 6.45) is 21.7. The molecule has 0 fully saturated rings. The molecule has 0 saturated heterocycles. The molecule has 256 valence electrons. The van der Waals surface area contributed by atoms with Crippen LogP contribution >= 0.6 is 0 Å². The Morgan fingerprint density at radius 1 is 0.769 bits per heavy atom. The van der Waals surface area contributed by atoms with E-state index in [-0.39, 0.29) is 6.71 Å². The molecule has 0 aliphatic heterocycles. The molecule has 7 aromatic rings. The third-order valence-corrected chi connectivity index (χ3v) is 10.4. The smallest absolute Gasteiger partial charge is 0.214 e. The zero-order valence-corrected chi connectivity index (χ0v) is 31.4. The van der Waals surface area contributed by atoms with Gasteiger partial charge in [0.25, 0.3) is 0 Å².